The maximum Gasteiger partial charge on any atom is 0.168 e. The average Bonchev–Trinajstić information content (AvgIpc) is 3.42. The number of aliphatic hydroxyl groups is 4. The van der Waals surface area contributed by atoms with Crippen LogP contribution in [0.4, 0.5) is 5.69 Å². The first-order valence-corrected chi connectivity index (χ1v) is 15.6. The number of aromatic nitrogens is 1. The molecular weight excluding hydrogens is 633 g/mol. The van der Waals surface area contributed by atoms with Gasteiger partial charge in [0.2, 0.25) is 0 Å². The fourth-order valence-electron chi connectivity index (χ4n) is 5.78. The van der Waals surface area contributed by atoms with Gasteiger partial charge in [0.1, 0.15) is 24.1 Å². The fraction of sp³-hybridized carbons (Fsp3) is 0.333. The lowest BCUT2D eigenvalue weighted by Gasteiger charge is -2.38. The van der Waals surface area contributed by atoms with Crippen molar-refractivity contribution in [2.75, 3.05) is 31.8 Å². The zero-order valence-electron chi connectivity index (χ0n) is 25.3. The predicted molar refractivity (Wildman–Crippen MR) is 178 cm³/mol. The minimum atomic E-state index is -1.72. The molecule has 46 heavy (non-hydrogen) atoms. The maximum atomic E-state index is 10.3. The first-order valence-electron chi connectivity index (χ1n) is 14.8. The third kappa shape index (κ3) is 7.38. The molecule has 4 aromatic rings. The molecule has 0 bridgehead atoms. The monoisotopic (exact) mass is 671 g/mol. The van der Waals surface area contributed by atoms with Gasteiger partial charge < -0.3 is 45.5 Å². The molecule has 0 saturated carbocycles. The van der Waals surface area contributed by atoms with Gasteiger partial charge in [0.05, 0.1) is 19.3 Å². The number of methoxy groups -OCH3 is 1. The Kier molecular flexibility index (Phi) is 11.0. The number of hydrogen-bond acceptors (Lipinski definition) is 10. The summed E-state index contributed by atoms with van der Waals surface area (Å²) in [5, 5.41) is 43.2. The van der Waals surface area contributed by atoms with Crippen molar-refractivity contribution in [3.63, 3.8) is 0 Å². The Balaban J connectivity index is 1.28. The van der Waals surface area contributed by atoms with Crippen LogP contribution < -0.4 is 21.2 Å². The number of hydrazine groups is 1. The Labute approximate surface area is 277 Å². The molecule has 0 aliphatic carbocycles. The van der Waals surface area contributed by atoms with E-state index in [4.69, 9.17) is 44.3 Å². The first kappa shape index (κ1) is 33.8. The van der Waals surface area contributed by atoms with Crippen molar-refractivity contribution in [3.05, 3.63) is 105 Å². The number of H-pyrrole nitrogens is 1. The number of halogens is 2. The second kappa shape index (κ2) is 14.9. The molecule has 1 aliphatic rings. The van der Waals surface area contributed by atoms with Crippen LogP contribution in [-0.4, -0.2) is 81.8 Å². The Bertz CT molecular complexity index is 1630. The standard InChI is InChI=1S/C33H39Cl2N5O6/c1-45-28(18-41)31(42)32(43)33(44)40(37)17-22(36)13-15-46-24-9-2-19(3-10-24)30-29-25(26-16-21(35)6-11-27(26)38-29)12-14-39(30)23-7-4-20(34)5-8-23/h2-11,16-17,28,30-33,38,41-44H,12-15,18,36-37H2,1H3/b22-17-. The largest absolute Gasteiger partial charge is 0.493 e. The summed E-state index contributed by atoms with van der Waals surface area (Å²) in [6, 6.07) is 21.6. The Morgan fingerprint density at radius 3 is 2.41 bits per heavy atom. The molecule has 3 aromatic carbocycles. The van der Waals surface area contributed by atoms with Crippen LogP contribution in [0.1, 0.15) is 29.3 Å². The molecular formula is C33H39Cl2N5O6. The van der Waals surface area contributed by atoms with Crippen molar-refractivity contribution >= 4 is 39.8 Å². The SMILES string of the molecule is COC(CO)C(O)C(O)C(O)N(N)/C=C(\N)CCOc1ccc(C2c3[nH]c4ccc(Cl)cc4c3CCN2c2ccc(Cl)cc2)cc1. The van der Waals surface area contributed by atoms with Gasteiger partial charge in [0.25, 0.3) is 0 Å². The zero-order valence-corrected chi connectivity index (χ0v) is 26.8. The fourth-order valence-corrected chi connectivity index (χ4v) is 6.08. The molecule has 9 N–H and O–H groups in total. The molecule has 5 unspecified atom stereocenters. The number of anilines is 1. The van der Waals surface area contributed by atoms with E-state index in [0.717, 1.165) is 45.8 Å². The van der Waals surface area contributed by atoms with Crippen molar-refractivity contribution in [3.8, 4) is 5.75 Å². The van der Waals surface area contributed by atoms with Crippen LogP contribution in [0.3, 0.4) is 0 Å². The van der Waals surface area contributed by atoms with Gasteiger partial charge in [-0.2, -0.15) is 0 Å². The van der Waals surface area contributed by atoms with Crippen molar-refractivity contribution in [1.82, 2.24) is 9.99 Å². The summed E-state index contributed by atoms with van der Waals surface area (Å²) < 4.78 is 10.8. The van der Waals surface area contributed by atoms with Crippen LogP contribution in [0, 0.1) is 0 Å². The smallest absolute Gasteiger partial charge is 0.168 e. The quantitative estimate of drug-likeness (QED) is 0.0634. The molecule has 1 aromatic heterocycles. The number of hydrogen-bond donors (Lipinski definition) is 7. The first-order chi connectivity index (χ1) is 22.1. The van der Waals surface area contributed by atoms with E-state index < -0.39 is 31.1 Å². The minimum absolute atomic E-state index is 0.0869. The Morgan fingerprint density at radius 1 is 1.04 bits per heavy atom. The number of nitrogens with one attached hydrogen (secondary N) is 1. The summed E-state index contributed by atoms with van der Waals surface area (Å²) in [7, 11) is 1.26. The third-order valence-corrected chi connectivity index (χ3v) is 8.73. The lowest BCUT2D eigenvalue weighted by molar-refractivity contribution is -0.154. The van der Waals surface area contributed by atoms with Crippen LogP contribution in [0.2, 0.25) is 10.0 Å². The van der Waals surface area contributed by atoms with Gasteiger partial charge in [-0.1, -0.05) is 35.3 Å². The molecule has 0 amide bonds. The van der Waals surface area contributed by atoms with E-state index in [9.17, 15) is 20.4 Å². The normalized spacial score (nSPS) is 17.8. The third-order valence-electron chi connectivity index (χ3n) is 8.24. The van der Waals surface area contributed by atoms with E-state index in [1.807, 2.05) is 66.7 Å². The van der Waals surface area contributed by atoms with Crippen LogP contribution in [-0.2, 0) is 11.2 Å². The maximum absolute atomic E-state index is 10.3. The van der Waals surface area contributed by atoms with Crippen LogP contribution >= 0.6 is 23.2 Å². The highest BCUT2D eigenvalue weighted by atomic mass is 35.5. The van der Waals surface area contributed by atoms with E-state index in [0.29, 0.717) is 15.8 Å². The van der Waals surface area contributed by atoms with E-state index in [1.54, 1.807) is 0 Å². The molecule has 5 rings (SSSR count). The van der Waals surface area contributed by atoms with Crippen molar-refractivity contribution in [1.29, 1.82) is 0 Å². The molecule has 5 atom stereocenters. The highest BCUT2D eigenvalue weighted by Crippen LogP contribution is 2.41. The number of aliphatic hydroxyl groups excluding tert-OH is 4. The molecule has 13 heteroatoms. The number of benzene rings is 3. The Morgan fingerprint density at radius 2 is 1.74 bits per heavy atom. The number of rotatable bonds is 13. The second-order valence-corrected chi connectivity index (χ2v) is 12.1. The summed E-state index contributed by atoms with van der Waals surface area (Å²) in [6.07, 6.45) is -3.73. The second-order valence-electron chi connectivity index (χ2n) is 11.2. The van der Waals surface area contributed by atoms with E-state index >= 15 is 0 Å². The zero-order chi connectivity index (χ0) is 33.0. The summed E-state index contributed by atoms with van der Waals surface area (Å²) in [6.45, 7) is 0.475. The van der Waals surface area contributed by atoms with Gasteiger partial charge in [-0.3, -0.25) is 5.01 Å². The highest BCUT2D eigenvalue weighted by Gasteiger charge is 2.34. The summed E-state index contributed by atoms with van der Waals surface area (Å²) in [5.41, 5.74) is 11.9. The van der Waals surface area contributed by atoms with Crippen LogP contribution in [0.15, 0.2) is 78.6 Å². The predicted octanol–water partition coefficient (Wildman–Crippen LogP) is 3.42. The lowest BCUT2D eigenvalue weighted by Crippen LogP contribution is -2.53. The number of ether oxygens (including phenoxy) is 2. The minimum Gasteiger partial charge on any atom is -0.493 e. The molecule has 246 valence electrons. The lowest BCUT2D eigenvalue weighted by atomic mass is 9.91. The highest BCUT2D eigenvalue weighted by molar-refractivity contribution is 6.31. The van der Waals surface area contributed by atoms with Crippen LogP contribution in [0.25, 0.3) is 10.9 Å². The van der Waals surface area contributed by atoms with Crippen molar-refractivity contribution in [2.45, 2.75) is 43.4 Å². The molecule has 11 nitrogen and oxygen atoms in total. The summed E-state index contributed by atoms with van der Waals surface area (Å²) >= 11 is 12.6. The molecule has 0 radical (unpaired) electrons. The van der Waals surface area contributed by atoms with Crippen molar-refractivity contribution < 1.29 is 29.9 Å². The molecule has 2 heterocycles. The van der Waals surface area contributed by atoms with Gasteiger partial charge in [-0.15, -0.1) is 0 Å². The van der Waals surface area contributed by atoms with Gasteiger partial charge in [-0.25, -0.2) is 5.84 Å². The number of aromatic amines is 1. The topological polar surface area (TPSA) is 174 Å². The van der Waals surface area contributed by atoms with Gasteiger partial charge in [0, 0.05) is 64.3 Å². The van der Waals surface area contributed by atoms with E-state index in [1.165, 1.54) is 18.9 Å². The molecule has 0 fully saturated rings. The molecule has 0 spiro atoms. The van der Waals surface area contributed by atoms with Gasteiger partial charge in [0.15, 0.2) is 6.23 Å². The number of nitrogens with two attached hydrogens (primary N) is 2. The van der Waals surface area contributed by atoms with Gasteiger partial charge in [-0.05, 0) is 72.1 Å². The summed E-state index contributed by atoms with van der Waals surface area (Å²) in [4.78, 5) is 6.02. The molecule has 1 aliphatic heterocycles. The Hall–Kier alpha value is -3.52. The average molecular weight is 673 g/mol. The van der Waals surface area contributed by atoms with Crippen molar-refractivity contribution in [2.24, 2.45) is 11.6 Å². The number of nitrogens with zero attached hydrogens (tertiary/aromatic N) is 2. The van der Waals surface area contributed by atoms with Crippen LogP contribution in [0.5, 0.6) is 5.75 Å². The van der Waals surface area contributed by atoms with E-state index in [-0.39, 0.29) is 24.8 Å². The number of fused-ring (bicyclic) bond motifs is 3. The summed E-state index contributed by atoms with van der Waals surface area (Å²) in [5.74, 6) is 6.47. The van der Waals surface area contributed by atoms with E-state index in [2.05, 4.69) is 9.88 Å². The molecule has 0 saturated heterocycles. The van der Waals surface area contributed by atoms with Gasteiger partial charge >= 0.3 is 0 Å².